The molecule has 19 heavy (non-hydrogen) atoms. The second kappa shape index (κ2) is 6.18. The number of anilines is 2. The van der Waals surface area contributed by atoms with Gasteiger partial charge >= 0.3 is 0 Å². The van der Waals surface area contributed by atoms with Crippen molar-refractivity contribution in [2.75, 3.05) is 10.7 Å². The summed E-state index contributed by atoms with van der Waals surface area (Å²) in [7, 11) is 0. The van der Waals surface area contributed by atoms with Crippen molar-refractivity contribution in [1.29, 1.82) is 0 Å². The highest BCUT2D eigenvalue weighted by Gasteiger charge is 2.08. The van der Waals surface area contributed by atoms with E-state index in [0.29, 0.717) is 11.3 Å². The molecule has 0 bridgehead atoms. The zero-order valence-corrected chi connectivity index (χ0v) is 13.0. The van der Waals surface area contributed by atoms with Gasteiger partial charge in [-0.2, -0.15) is 0 Å². The first-order valence-corrected chi connectivity index (χ1v) is 7.02. The fourth-order valence-corrected chi connectivity index (χ4v) is 2.65. The molecule has 0 aromatic heterocycles. The molecule has 1 amide bonds. The first-order valence-electron chi connectivity index (χ1n) is 5.43. The van der Waals surface area contributed by atoms with E-state index >= 15 is 0 Å². The third-order valence-corrected chi connectivity index (χ3v) is 3.64. The van der Waals surface area contributed by atoms with Gasteiger partial charge < -0.3 is 10.7 Å². The molecule has 0 spiro atoms. The molecule has 0 saturated carbocycles. The van der Waals surface area contributed by atoms with Gasteiger partial charge in [-0.15, -0.1) is 0 Å². The fraction of sp³-hybridized carbons (Fsp3) is 0. The molecular weight excluding hydrogens is 374 g/mol. The molecule has 2 aromatic carbocycles. The Labute approximate surface area is 127 Å². The van der Waals surface area contributed by atoms with Crippen molar-refractivity contribution in [3.63, 3.8) is 0 Å². The minimum absolute atomic E-state index is 0.174. The zero-order chi connectivity index (χ0) is 13.8. The molecule has 2 aromatic rings. The molecule has 0 radical (unpaired) electrons. The maximum absolute atomic E-state index is 12.1. The Bertz CT molecular complexity index is 599. The maximum Gasteiger partial charge on any atom is 0.255 e. The maximum atomic E-state index is 12.1. The molecule has 2 rings (SSSR count). The lowest BCUT2D eigenvalue weighted by Gasteiger charge is -2.08. The quantitative estimate of drug-likeness (QED) is 0.557. The van der Waals surface area contributed by atoms with E-state index in [1.165, 1.54) is 0 Å². The van der Waals surface area contributed by atoms with Crippen LogP contribution in [0.2, 0.25) is 0 Å². The Kier molecular flexibility index (Phi) is 4.57. The van der Waals surface area contributed by atoms with Gasteiger partial charge in [0.25, 0.3) is 5.91 Å². The van der Waals surface area contributed by atoms with Gasteiger partial charge in [-0.3, -0.25) is 10.6 Å². The number of carbonyl (C=O) groups is 1. The number of nitrogen functional groups attached to an aromatic ring is 1. The van der Waals surface area contributed by atoms with Crippen LogP contribution in [-0.4, -0.2) is 5.91 Å². The highest BCUT2D eigenvalue weighted by molar-refractivity contribution is 9.11. The number of hydrogen-bond donors (Lipinski definition) is 3. The lowest BCUT2D eigenvalue weighted by molar-refractivity contribution is 0.102. The number of nitrogens with two attached hydrogens (primary N) is 1. The average Bonchev–Trinajstić information content (AvgIpc) is 2.42. The lowest BCUT2D eigenvalue weighted by atomic mass is 10.2. The topological polar surface area (TPSA) is 67.1 Å². The summed E-state index contributed by atoms with van der Waals surface area (Å²) in [6.07, 6.45) is 0. The predicted octanol–water partition coefficient (Wildman–Crippen LogP) is 3.75. The van der Waals surface area contributed by atoms with Crippen LogP contribution in [0.25, 0.3) is 0 Å². The van der Waals surface area contributed by atoms with Crippen LogP contribution < -0.4 is 16.6 Å². The van der Waals surface area contributed by atoms with Crippen molar-refractivity contribution >= 4 is 49.1 Å². The van der Waals surface area contributed by atoms with E-state index in [9.17, 15) is 4.79 Å². The minimum atomic E-state index is -0.174. The Morgan fingerprint density at radius 1 is 1.05 bits per heavy atom. The van der Waals surface area contributed by atoms with Crippen molar-refractivity contribution in [1.82, 2.24) is 0 Å². The number of carbonyl (C=O) groups excluding carboxylic acids is 1. The third-order valence-electron chi connectivity index (χ3n) is 2.49. The molecule has 0 unspecified atom stereocenters. The largest absolute Gasteiger partial charge is 0.324 e. The number of benzene rings is 2. The molecule has 0 heterocycles. The molecule has 0 aliphatic rings. The molecule has 98 valence electrons. The summed E-state index contributed by atoms with van der Waals surface area (Å²) in [4.78, 5) is 12.1. The van der Waals surface area contributed by atoms with E-state index in [-0.39, 0.29) is 5.91 Å². The number of nitrogens with one attached hydrogen (secondary N) is 2. The van der Waals surface area contributed by atoms with Gasteiger partial charge in [-0.1, -0.05) is 15.9 Å². The molecule has 6 heteroatoms. The van der Waals surface area contributed by atoms with Gasteiger partial charge in [0.15, 0.2) is 0 Å². The van der Waals surface area contributed by atoms with Crippen molar-refractivity contribution in [3.05, 3.63) is 57.0 Å². The highest BCUT2D eigenvalue weighted by atomic mass is 79.9. The average molecular weight is 385 g/mol. The lowest BCUT2D eigenvalue weighted by Crippen LogP contribution is -2.13. The molecule has 0 atom stereocenters. The van der Waals surface area contributed by atoms with Crippen molar-refractivity contribution in [2.24, 2.45) is 5.84 Å². The fourth-order valence-electron chi connectivity index (χ4n) is 1.50. The van der Waals surface area contributed by atoms with Gasteiger partial charge in [-0.25, -0.2) is 0 Å². The van der Waals surface area contributed by atoms with Crippen LogP contribution >= 0.6 is 31.9 Å². The Hall–Kier alpha value is -1.37. The highest BCUT2D eigenvalue weighted by Crippen LogP contribution is 2.26. The van der Waals surface area contributed by atoms with E-state index in [4.69, 9.17) is 5.84 Å². The van der Waals surface area contributed by atoms with Gasteiger partial charge in [0.05, 0.1) is 5.69 Å². The Balaban J connectivity index is 2.15. The normalized spacial score (nSPS) is 10.1. The first kappa shape index (κ1) is 14.0. The van der Waals surface area contributed by atoms with Crippen molar-refractivity contribution in [3.8, 4) is 0 Å². The minimum Gasteiger partial charge on any atom is -0.324 e. The van der Waals surface area contributed by atoms with E-state index in [0.717, 1.165) is 14.6 Å². The van der Waals surface area contributed by atoms with Crippen LogP contribution in [0, 0.1) is 0 Å². The van der Waals surface area contributed by atoms with E-state index in [2.05, 4.69) is 42.6 Å². The van der Waals surface area contributed by atoms with Gasteiger partial charge in [0.1, 0.15) is 0 Å². The predicted molar refractivity (Wildman–Crippen MR) is 84.0 cm³/mol. The number of rotatable bonds is 3. The molecule has 0 aliphatic carbocycles. The van der Waals surface area contributed by atoms with Crippen LogP contribution in [-0.2, 0) is 0 Å². The standard InChI is InChI=1S/C13H11Br2N3O/c14-9-3-6-12(11(15)7-9)17-13(19)8-1-4-10(18-16)5-2-8/h1-7,18H,16H2,(H,17,19). The zero-order valence-electron chi connectivity index (χ0n) is 9.78. The van der Waals surface area contributed by atoms with E-state index < -0.39 is 0 Å². The monoisotopic (exact) mass is 383 g/mol. The summed E-state index contributed by atoms with van der Waals surface area (Å²) in [5.41, 5.74) is 4.55. The number of amides is 1. The van der Waals surface area contributed by atoms with Gasteiger partial charge in [0, 0.05) is 20.2 Å². The molecule has 0 saturated heterocycles. The number of hydrazine groups is 1. The SMILES string of the molecule is NNc1ccc(C(=O)Nc2ccc(Br)cc2Br)cc1. The third kappa shape index (κ3) is 3.56. The van der Waals surface area contributed by atoms with Crippen LogP contribution in [0.5, 0.6) is 0 Å². The second-order valence-electron chi connectivity index (χ2n) is 3.80. The molecule has 0 fully saturated rings. The number of hydrogen-bond acceptors (Lipinski definition) is 3. The smallest absolute Gasteiger partial charge is 0.255 e. The van der Waals surface area contributed by atoms with Crippen molar-refractivity contribution < 1.29 is 4.79 Å². The number of halogens is 2. The van der Waals surface area contributed by atoms with E-state index in [1.807, 2.05) is 18.2 Å². The first-order chi connectivity index (χ1) is 9.10. The van der Waals surface area contributed by atoms with E-state index in [1.54, 1.807) is 24.3 Å². The molecule has 4 N–H and O–H groups in total. The summed E-state index contributed by atoms with van der Waals surface area (Å²) in [6, 6.07) is 12.5. The second-order valence-corrected chi connectivity index (χ2v) is 5.57. The Morgan fingerprint density at radius 3 is 2.32 bits per heavy atom. The summed E-state index contributed by atoms with van der Waals surface area (Å²) in [5, 5.41) is 2.83. The summed E-state index contributed by atoms with van der Waals surface area (Å²) < 4.78 is 1.76. The molecule has 0 aliphatic heterocycles. The van der Waals surface area contributed by atoms with Crippen LogP contribution in [0.3, 0.4) is 0 Å². The van der Waals surface area contributed by atoms with Gasteiger partial charge in [-0.05, 0) is 58.4 Å². The summed E-state index contributed by atoms with van der Waals surface area (Å²) >= 11 is 6.76. The van der Waals surface area contributed by atoms with Crippen LogP contribution in [0.15, 0.2) is 51.4 Å². The molecular formula is C13H11Br2N3O. The van der Waals surface area contributed by atoms with Crippen LogP contribution in [0.1, 0.15) is 10.4 Å². The van der Waals surface area contributed by atoms with Crippen molar-refractivity contribution in [2.45, 2.75) is 0 Å². The molecule has 4 nitrogen and oxygen atoms in total. The summed E-state index contributed by atoms with van der Waals surface area (Å²) in [5.74, 6) is 5.10. The summed E-state index contributed by atoms with van der Waals surface area (Å²) in [6.45, 7) is 0. The van der Waals surface area contributed by atoms with Gasteiger partial charge in [0.2, 0.25) is 0 Å². The Morgan fingerprint density at radius 2 is 1.74 bits per heavy atom. The van der Waals surface area contributed by atoms with Crippen LogP contribution in [0.4, 0.5) is 11.4 Å².